The number of ether oxygens (including phenoxy) is 3. The van der Waals surface area contributed by atoms with Crippen LogP contribution in [0.2, 0.25) is 0 Å². The van der Waals surface area contributed by atoms with Crippen molar-refractivity contribution in [1.29, 1.82) is 0 Å². The van der Waals surface area contributed by atoms with Gasteiger partial charge in [-0.05, 0) is 42.2 Å². The Kier molecular flexibility index (Phi) is 9.18. The molecule has 2 rings (SSSR count). The number of amides is 2. The van der Waals surface area contributed by atoms with E-state index in [1.165, 1.54) is 0 Å². The molecule has 0 radical (unpaired) electrons. The minimum Gasteiger partial charge on any atom is -0.493 e. The van der Waals surface area contributed by atoms with Gasteiger partial charge in [-0.25, -0.2) is 0 Å². The summed E-state index contributed by atoms with van der Waals surface area (Å²) < 4.78 is 16.1. The Morgan fingerprint density at radius 2 is 1.68 bits per heavy atom. The fourth-order valence-corrected chi connectivity index (χ4v) is 3.07. The molecule has 31 heavy (non-hydrogen) atoms. The average Bonchev–Trinajstić information content (AvgIpc) is 2.79. The molecule has 0 bridgehead atoms. The molecule has 1 unspecified atom stereocenters. The monoisotopic (exact) mass is 428 g/mol. The summed E-state index contributed by atoms with van der Waals surface area (Å²) in [4.78, 5) is 26.9. The molecule has 0 aliphatic rings. The average molecular weight is 429 g/mol. The Hall–Kier alpha value is -3.22. The number of nitrogens with one attached hydrogen (secondary N) is 1. The number of para-hydroxylation sites is 1. The van der Waals surface area contributed by atoms with Crippen LogP contribution in [0.15, 0.2) is 48.5 Å². The maximum Gasteiger partial charge on any atom is 0.258 e. The second kappa shape index (κ2) is 11.8. The molecule has 7 heteroatoms. The first-order valence-electron chi connectivity index (χ1n) is 10.3. The largest absolute Gasteiger partial charge is 0.493 e. The Morgan fingerprint density at radius 1 is 1.00 bits per heavy atom. The molecular weight excluding hydrogens is 396 g/mol. The number of hydrogen-bond donors (Lipinski definition) is 1. The Bertz CT molecular complexity index is 854. The van der Waals surface area contributed by atoms with Crippen LogP contribution in [0.3, 0.4) is 0 Å². The molecule has 0 heterocycles. The molecule has 0 fully saturated rings. The van der Waals surface area contributed by atoms with Crippen molar-refractivity contribution in [3.05, 3.63) is 54.1 Å². The van der Waals surface area contributed by atoms with Gasteiger partial charge in [-0.2, -0.15) is 0 Å². The molecule has 7 nitrogen and oxygen atoms in total. The van der Waals surface area contributed by atoms with Gasteiger partial charge in [-0.15, -0.1) is 0 Å². The molecule has 0 aliphatic heterocycles. The summed E-state index contributed by atoms with van der Waals surface area (Å²) in [6.07, 6.45) is 0.651. The first kappa shape index (κ1) is 24.1. The molecule has 0 aromatic heterocycles. The van der Waals surface area contributed by atoms with Gasteiger partial charge in [0.1, 0.15) is 11.8 Å². The Balaban J connectivity index is 1.91. The lowest BCUT2D eigenvalue weighted by molar-refractivity contribution is -0.137. The van der Waals surface area contributed by atoms with Gasteiger partial charge in [0.25, 0.3) is 5.91 Å². The molecule has 1 atom stereocenters. The summed E-state index contributed by atoms with van der Waals surface area (Å²) in [5.41, 5.74) is 1.03. The van der Waals surface area contributed by atoms with E-state index < -0.39 is 6.04 Å². The maximum atomic E-state index is 13.0. The third-order valence-corrected chi connectivity index (χ3v) is 4.92. The molecule has 0 aliphatic carbocycles. The van der Waals surface area contributed by atoms with Crippen molar-refractivity contribution in [2.45, 2.75) is 26.3 Å². The van der Waals surface area contributed by atoms with Crippen LogP contribution in [0.5, 0.6) is 17.2 Å². The van der Waals surface area contributed by atoms with Crippen LogP contribution in [0, 0.1) is 5.92 Å². The lowest BCUT2D eigenvalue weighted by Crippen LogP contribution is -2.51. The van der Waals surface area contributed by atoms with Crippen LogP contribution in [0.1, 0.15) is 19.4 Å². The van der Waals surface area contributed by atoms with Gasteiger partial charge in [0.15, 0.2) is 18.1 Å². The van der Waals surface area contributed by atoms with Crippen molar-refractivity contribution >= 4 is 11.8 Å². The molecule has 2 aromatic rings. The van der Waals surface area contributed by atoms with E-state index >= 15 is 0 Å². The highest BCUT2D eigenvalue weighted by Gasteiger charge is 2.27. The van der Waals surface area contributed by atoms with E-state index in [1.54, 1.807) is 38.3 Å². The summed E-state index contributed by atoms with van der Waals surface area (Å²) in [7, 11) is 4.93. The zero-order chi connectivity index (χ0) is 22.8. The molecule has 168 valence electrons. The highest BCUT2D eigenvalue weighted by atomic mass is 16.5. The molecule has 1 N–H and O–H groups in total. The lowest BCUT2D eigenvalue weighted by atomic mass is 10.0. The molecule has 0 saturated heterocycles. The number of likely N-dealkylation sites (N-methyl/N-ethyl adjacent to an activating group) is 1. The highest BCUT2D eigenvalue weighted by Crippen LogP contribution is 2.27. The number of hydrogen-bond acceptors (Lipinski definition) is 5. The third kappa shape index (κ3) is 7.20. The zero-order valence-electron chi connectivity index (χ0n) is 18.9. The van der Waals surface area contributed by atoms with E-state index in [2.05, 4.69) is 5.32 Å². The summed E-state index contributed by atoms with van der Waals surface area (Å²) in [6.45, 7) is 4.18. The van der Waals surface area contributed by atoms with Crippen LogP contribution in [-0.2, 0) is 16.0 Å². The number of carbonyl (C=O) groups is 2. The number of benzene rings is 2. The van der Waals surface area contributed by atoms with Crippen molar-refractivity contribution in [2.24, 2.45) is 5.92 Å². The summed E-state index contributed by atoms with van der Waals surface area (Å²) in [5, 5.41) is 2.81. The summed E-state index contributed by atoms with van der Waals surface area (Å²) in [5.74, 6) is 1.40. The van der Waals surface area contributed by atoms with Crippen molar-refractivity contribution < 1.29 is 23.8 Å². The van der Waals surface area contributed by atoms with Gasteiger partial charge in [0.2, 0.25) is 5.91 Å². The number of rotatable bonds is 11. The maximum absolute atomic E-state index is 13.0. The quantitative estimate of drug-likeness (QED) is 0.596. The fourth-order valence-electron chi connectivity index (χ4n) is 3.07. The SMILES string of the molecule is COc1ccc(CCN(C)C(=O)C(NC(=O)COc2ccccc2)C(C)C)cc1OC. The predicted octanol–water partition coefficient (Wildman–Crippen LogP) is 2.92. The lowest BCUT2D eigenvalue weighted by Gasteiger charge is -2.27. The van der Waals surface area contributed by atoms with Crippen molar-refractivity contribution in [2.75, 3.05) is 34.4 Å². The van der Waals surface area contributed by atoms with E-state index in [-0.39, 0.29) is 24.3 Å². The zero-order valence-corrected chi connectivity index (χ0v) is 18.9. The van der Waals surface area contributed by atoms with Crippen LogP contribution >= 0.6 is 0 Å². The van der Waals surface area contributed by atoms with E-state index in [9.17, 15) is 9.59 Å². The minimum atomic E-state index is -0.623. The van der Waals surface area contributed by atoms with Crippen LogP contribution < -0.4 is 19.5 Å². The number of carbonyl (C=O) groups excluding carboxylic acids is 2. The Labute approximate surface area is 184 Å². The van der Waals surface area contributed by atoms with E-state index in [0.29, 0.717) is 30.2 Å². The first-order valence-corrected chi connectivity index (χ1v) is 10.3. The normalized spacial score (nSPS) is 11.5. The number of methoxy groups -OCH3 is 2. The highest BCUT2D eigenvalue weighted by molar-refractivity contribution is 5.88. The fraction of sp³-hybridized carbons (Fsp3) is 0.417. The van der Waals surface area contributed by atoms with Gasteiger partial charge in [0, 0.05) is 13.6 Å². The van der Waals surface area contributed by atoms with Crippen molar-refractivity contribution in [3.8, 4) is 17.2 Å². The standard InChI is InChI=1S/C24H32N2O5/c1-17(2)23(25-22(27)16-31-19-9-7-6-8-10-19)24(28)26(3)14-13-18-11-12-20(29-4)21(15-18)30-5/h6-12,15,17,23H,13-14,16H2,1-5H3,(H,25,27). The number of nitrogens with zero attached hydrogens (tertiary/aromatic N) is 1. The summed E-state index contributed by atoms with van der Waals surface area (Å²) in [6, 6.07) is 14.2. The minimum absolute atomic E-state index is 0.0586. The topological polar surface area (TPSA) is 77.1 Å². The molecular formula is C24H32N2O5. The molecule has 2 amide bonds. The van der Waals surface area contributed by atoms with Gasteiger partial charge >= 0.3 is 0 Å². The second-order valence-corrected chi connectivity index (χ2v) is 7.59. The smallest absolute Gasteiger partial charge is 0.258 e. The third-order valence-electron chi connectivity index (χ3n) is 4.92. The Morgan fingerprint density at radius 3 is 2.29 bits per heavy atom. The van der Waals surface area contributed by atoms with Crippen LogP contribution in [0.25, 0.3) is 0 Å². The molecule has 0 spiro atoms. The molecule has 0 saturated carbocycles. The van der Waals surface area contributed by atoms with E-state index in [0.717, 1.165) is 5.56 Å². The van der Waals surface area contributed by atoms with E-state index in [1.807, 2.05) is 50.2 Å². The van der Waals surface area contributed by atoms with Crippen molar-refractivity contribution in [1.82, 2.24) is 10.2 Å². The van der Waals surface area contributed by atoms with Gasteiger partial charge in [-0.3, -0.25) is 9.59 Å². The van der Waals surface area contributed by atoms with Crippen molar-refractivity contribution in [3.63, 3.8) is 0 Å². The van der Waals surface area contributed by atoms with Crippen LogP contribution in [0.4, 0.5) is 0 Å². The summed E-state index contributed by atoms with van der Waals surface area (Å²) >= 11 is 0. The van der Waals surface area contributed by atoms with Crippen LogP contribution in [-0.4, -0.2) is 57.2 Å². The van der Waals surface area contributed by atoms with Gasteiger partial charge in [-0.1, -0.05) is 38.1 Å². The predicted molar refractivity (Wildman–Crippen MR) is 120 cm³/mol. The second-order valence-electron chi connectivity index (χ2n) is 7.59. The van der Waals surface area contributed by atoms with Gasteiger partial charge < -0.3 is 24.4 Å². The van der Waals surface area contributed by atoms with Gasteiger partial charge in [0.05, 0.1) is 14.2 Å². The first-order chi connectivity index (χ1) is 14.8. The molecule has 2 aromatic carbocycles. The van der Waals surface area contributed by atoms with E-state index in [4.69, 9.17) is 14.2 Å².